The van der Waals surface area contributed by atoms with Crippen LogP contribution in [-0.2, 0) is 25.5 Å². The number of ether oxygens (including phenoxy) is 1. The lowest BCUT2D eigenvalue weighted by Crippen LogP contribution is -2.60. The number of nitrogens with zero attached hydrogens (tertiary/aromatic N) is 1. The first-order chi connectivity index (χ1) is 14.5. The van der Waals surface area contributed by atoms with Crippen LogP contribution in [-0.4, -0.2) is 53.5 Å². The van der Waals surface area contributed by atoms with Gasteiger partial charge in [-0.25, -0.2) is 0 Å². The minimum Gasteiger partial charge on any atom is -0.465 e. The van der Waals surface area contributed by atoms with Crippen LogP contribution in [0.2, 0.25) is 0 Å². The summed E-state index contributed by atoms with van der Waals surface area (Å²) in [6.07, 6.45) is 5.44. The van der Waals surface area contributed by atoms with Gasteiger partial charge in [0.1, 0.15) is 6.04 Å². The third-order valence-electron chi connectivity index (χ3n) is 5.64. The minimum absolute atomic E-state index is 0.112. The molecule has 0 aromatic heterocycles. The van der Waals surface area contributed by atoms with Crippen molar-refractivity contribution in [1.29, 1.82) is 0 Å². The molecule has 1 saturated heterocycles. The highest BCUT2D eigenvalue weighted by molar-refractivity contribution is 7.80. The van der Waals surface area contributed by atoms with E-state index in [1.54, 1.807) is 4.90 Å². The highest BCUT2D eigenvalue weighted by Crippen LogP contribution is 2.27. The Morgan fingerprint density at radius 3 is 2.63 bits per heavy atom. The Morgan fingerprint density at radius 1 is 1.17 bits per heavy atom. The number of benzene rings is 1. The van der Waals surface area contributed by atoms with Crippen molar-refractivity contribution in [2.24, 2.45) is 5.92 Å². The van der Waals surface area contributed by atoms with Gasteiger partial charge in [0.2, 0.25) is 11.8 Å². The number of carbonyl (C=O) groups is 3. The first-order valence-corrected chi connectivity index (χ1v) is 11.0. The maximum absolute atomic E-state index is 12.4. The Hall–Kier alpha value is -2.48. The molecule has 1 aliphatic heterocycles. The van der Waals surface area contributed by atoms with Crippen LogP contribution in [0.3, 0.4) is 0 Å². The van der Waals surface area contributed by atoms with Gasteiger partial charge >= 0.3 is 5.97 Å². The largest absolute Gasteiger partial charge is 0.465 e. The smallest absolute Gasteiger partial charge is 0.308 e. The average Bonchev–Trinajstić information content (AvgIpc) is 3.23. The number of carbonyl (C=O) groups excluding carboxylic acids is 3. The third-order valence-corrected chi connectivity index (χ3v) is 5.98. The monoisotopic (exact) mass is 431 g/mol. The standard InChI is InChI=1S/C22H29N3O4S/c26-19(14-17-8-4-5-9-17)24-22(30)25-12-11-23-21(28)18(25)15-20(27)29-13-10-16-6-2-1-3-7-16/h1-3,6-7,17-18H,4-5,8-15H2,(H,23,28)(H,24,26,30). The molecule has 1 unspecified atom stereocenters. The van der Waals surface area contributed by atoms with Crippen molar-refractivity contribution in [3.63, 3.8) is 0 Å². The molecule has 0 bridgehead atoms. The number of nitrogens with one attached hydrogen (secondary N) is 2. The molecule has 2 amide bonds. The van der Waals surface area contributed by atoms with E-state index in [9.17, 15) is 14.4 Å². The highest BCUT2D eigenvalue weighted by atomic mass is 32.1. The quantitative estimate of drug-likeness (QED) is 0.507. The fourth-order valence-electron chi connectivity index (χ4n) is 4.02. The van der Waals surface area contributed by atoms with Crippen LogP contribution in [0.4, 0.5) is 0 Å². The molecular weight excluding hydrogens is 402 g/mol. The number of thiocarbonyl (C=S) groups is 1. The summed E-state index contributed by atoms with van der Waals surface area (Å²) in [4.78, 5) is 38.6. The van der Waals surface area contributed by atoms with E-state index in [1.807, 2.05) is 30.3 Å². The molecule has 1 aliphatic carbocycles. The van der Waals surface area contributed by atoms with Gasteiger partial charge in [-0.05, 0) is 36.5 Å². The zero-order valence-electron chi connectivity index (χ0n) is 17.1. The Balaban J connectivity index is 1.49. The summed E-state index contributed by atoms with van der Waals surface area (Å²) in [7, 11) is 0. The summed E-state index contributed by atoms with van der Waals surface area (Å²) >= 11 is 5.39. The van der Waals surface area contributed by atoms with Gasteiger partial charge in [-0.3, -0.25) is 14.4 Å². The van der Waals surface area contributed by atoms with Crippen molar-refractivity contribution in [2.75, 3.05) is 19.7 Å². The van der Waals surface area contributed by atoms with E-state index in [2.05, 4.69) is 10.6 Å². The van der Waals surface area contributed by atoms with Crippen molar-refractivity contribution in [3.8, 4) is 0 Å². The zero-order valence-corrected chi connectivity index (χ0v) is 17.9. The Labute approximate surface area is 182 Å². The fraction of sp³-hybridized carbons (Fsp3) is 0.545. The molecule has 2 N–H and O–H groups in total. The molecule has 8 heteroatoms. The molecule has 3 rings (SSSR count). The second kappa shape index (κ2) is 11.1. The highest BCUT2D eigenvalue weighted by Gasteiger charge is 2.34. The molecule has 2 fully saturated rings. The minimum atomic E-state index is -0.776. The SMILES string of the molecule is O=C(CC1CCCC1)NC(=S)N1CCNC(=O)C1CC(=O)OCCc1ccccc1. The molecule has 2 aliphatic rings. The molecule has 30 heavy (non-hydrogen) atoms. The summed E-state index contributed by atoms with van der Waals surface area (Å²) < 4.78 is 5.32. The van der Waals surface area contributed by atoms with Crippen LogP contribution in [0.5, 0.6) is 0 Å². The van der Waals surface area contributed by atoms with Crippen LogP contribution in [0, 0.1) is 5.92 Å². The Kier molecular flexibility index (Phi) is 8.19. The van der Waals surface area contributed by atoms with E-state index >= 15 is 0 Å². The number of piperazine rings is 1. The summed E-state index contributed by atoms with van der Waals surface area (Å²) in [6.45, 7) is 1.10. The first-order valence-electron chi connectivity index (χ1n) is 10.6. The van der Waals surface area contributed by atoms with Gasteiger partial charge in [-0.2, -0.15) is 0 Å². The maximum Gasteiger partial charge on any atom is 0.308 e. The van der Waals surface area contributed by atoms with Crippen molar-refractivity contribution in [2.45, 2.75) is 51.0 Å². The first kappa shape index (κ1) is 22.2. The molecule has 0 radical (unpaired) electrons. The second-order valence-corrected chi connectivity index (χ2v) is 8.26. The van der Waals surface area contributed by atoms with Gasteiger partial charge in [0, 0.05) is 25.9 Å². The number of amides is 2. The van der Waals surface area contributed by atoms with Crippen molar-refractivity contribution in [1.82, 2.24) is 15.5 Å². The van der Waals surface area contributed by atoms with Crippen molar-refractivity contribution < 1.29 is 19.1 Å². The van der Waals surface area contributed by atoms with Crippen molar-refractivity contribution >= 4 is 35.1 Å². The summed E-state index contributed by atoms with van der Waals surface area (Å²) in [5.41, 5.74) is 1.08. The summed E-state index contributed by atoms with van der Waals surface area (Å²) in [6, 6.07) is 8.96. The predicted octanol–water partition coefficient (Wildman–Crippen LogP) is 1.94. The molecule has 7 nitrogen and oxygen atoms in total. The molecule has 0 spiro atoms. The van der Waals surface area contributed by atoms with Crippen LogP contribution in [0.15, 0.2) is 30.3 Å². The normalized spacial score (nSPS) is 19.3. The van der Waals surface area contributed by atoms with E-state index in [0.717, 1.165) is 18.4 Å². The Bertz CT molecular complexity index is 765. The molecule has 1 atom stereocenters. The molecule has 1 aromatic carbocycles. The van der Waals surface area contributed by atoms with E-state index < -0.39 is 12.0 Å². The van der Waals surface area contributed by atoms with Crippen LogP contribution in [0.25, 0.3) is 0 Å². The lowest BCUT2D eigenvalue weighted by molar-refractivity contribution is -0.147. The lowest BCUT2D eigenvalue weighted by atomic mass is 10.0. The van der Waals surface area contributed by atoms with Gasteiger partial charge < -0.3 is 20.3 Å². The predicted molar refractivity (Wildman–Crippen MR) is 117 cm³/mol. The van der Waals surface area contributed by atoms with E-state index in [0.29, 0.717) is 31.8 Å². The van der Waals surface area contributed by atoms with Crippen LogP contribution in [0.1, 0.15) is 44.1 Å². The van der Waals surface area contributed by atoms with E-state index in [1.165, 1.54) is 12.8 Å². The van der Waals surface area contributed by atoms with Gasteiger partial charge in [0.15, 0.2) is 5.11 Å². The number of hydrogen-bond donors (Lipinski definition) is 2. The molecule has 1 aromatic rings. The van der Waals surface area contributed by atoms with Gasteiger partial charge in [-0.15, -0.1) is 0 Å². The van der Waals surface area contributed by atoms with Gasteiger partial charge in [-0.1, -0.05) is 43.2 Å². The van der Waals surface area contributed by atoms with Crippen LogP contribution < -0.4 is 10.6 Å². The molecule has 162 valence electrons. The topological polar surface area (TPSA) is 87.7 Å². The average molecular weight is 432 g/mol. The van der Waals surface area contributed by atoms with E-state index in [4.69, 9.17) is 17.0 Å². The molecule has 1 heterocycles. The van der Waals surface area contributed by atoms with Crippen molar-refractivity contribution in [3.05, 3.63) is 35.9 Å². The van der Waals surface area contributed by atoms with Gasteiger partial charge in [0.25, 0.3) is 0 Å². The number of esters is 1. The maximum atomic E-state index is 12.4. The van der Waals surface area contributed by atoms with E-state index in [-0.39, 0.29) is 30.0 Å². The molecular formula is C22H29N3O4S. The summed E-state index contributed by atoms with van der Waals surface area (Å²) in [5, 5.41) is 5.71. The number of rotatable bonds is 7. The van der Waals surface area contributed by atoms with Crippen LogP contribution >= 0.6 is 12.2 Å². The Morgan fingerprint density at radius 2 is 1.90 bits per heavy atom. The third kappa shape index (κ3) is 6.52. The zero-order chi connectivity index (χ0) is 21.3. The second-order valence-electron chi connectivity index (χ2n) is 7.87. The lowest BCUT2D eigenvalue weighted by Gasteiger charge is -2.36. The number of hydrogen-bond acceptors (Lipinski definition) is 5. The summed E-state index contributed by atoms with van der Waals surface area (Å²) in [5.74, 6) is -0.457. The fourth-order valence-corrected chi connectivity index (χ4v) is 4.36. The van der Waals surface area contributed by atoms with Gasteiger partial charge in [0.05, 0.1) is 13.0 Å². The molecule has 1 saturated carbocycles.